The van der Waals surface area contributed by atoms with Crippen molar-refractivity contribution in [1.29, 1.82) is 0 Å². The van der Waals surface area contributed by atoms with Crippen molar-refractivity contribution in [1.82, 2.24) is 0 Å². The van der Waals surface area contributed by atoms with E-state index < -0.39 is 11.7 Å². The standard InChI is InChI=1S/C17H12ClN3O3/c18-11-6-7-13-12(8-11)15(10-4-2-1-3-5-10)19-9-14(20-13)16(21-24)17(22)23/h1-8,24H,9H2,(H,22,23)/b21-16-. The zero-order chi connectivity index (χ0) is 17.1. The molecule has 0 amide bonds. The molecule has 24 heavy (non-hydrogen) atoms. The van der Waals surface area contributed by atoms with Crippen LogP contribution in [0.1, 0.15) is 11.1 Å². The van der Waals surface area contributed by atoms with E-state index in [0.29, 0.717) is 22.0 Å². The van der Waals surface area contributed by atoms with E-state index >= 15 is 0 Å². The molecular weight excluding hydrogens is 330 g/mol. The van der Waals surface area contributed by atoms with Crippen molar-refractivity contribution in [2.75, 3.05) is 6.54 Å². The maximum Gasteiger partial charge on any atom is 0.359 e. The van der Waals surface area contributed by atoms with Gasteiger partial charge < -0.3 is 10.3 Å². The molecule has 0 aromatic heterocycles. The number of oxime groups is 1. The molecule has 0 fully saturated rings. The SMILES string of the molecule is O=C(O)/C(=N\O)C1=Nc2ccc(Cl)cc2C(c2ccccc2)=NC1. The normalized spacial score (nSPS) is 14.3. The highest BCUT2D eigenvalue weighted by atomic mass is 35.5. The number of aliphatic imine (C=N–C) groups is 2. The monoisotopic (exact) mass is 341 g/mol. The number of aliphatic carboxylic acids is 1. The van der Waals surface area contributed by atoms with Gasteiger partial charge in [0.05, 0.1) is 23.7 Å². The highest BCUT2D eigenvalue weighted by Gasteiger charge is 2.23. The van der Waals surface area contributed by atoms with E-state index in [9.17, 15) is 4.79 Å². The van der Waals surface area contributed by atoms with Crippen LogP contribution in [0.2, 0.25) is 5.02 Å². The Morgan fingerprint density at radius 2 is 1.92 bits per heavy atom. The first kappa shape index (κ1) is 15.9. The molecule has 0 saturated carbocycles. The quantitative estimate of drug-likeness (QED) is 0.510. The average molecular weight is 342 g/mol. The summed E-state index contributed by atoms with van der Waals surface area (Å²) in [6, 6.07) is 14.5. The zero-order valence-electron chi connectivity index (χ0n) is 12.3. The molecule has 120 valence electrons. The number of benzene rings is 2. The Labute approximate surface area is 142 Å². The van der Waals surface area contributed by atoms with E-state index in [0.717, 1.165) is 5.56 Å². The number of carboxylic acids is 1. The van der Waals surface area contributed by atoms with E-state index in [1.165, 1.54) is 0 Å². The van der Waals surface area contributed by atoms with Crippen molar-refractivity contribution in [3.63, 3.8) is 0 Å². The minimum absolute atomic E-state index is 0.0256. The first-order valence-corrected chi connectivity index (χ1v) is 7.41. The van der Waals surface area contributed by atoms with Crippen LogP contribution in [0.15, 0.2) is 63.7 Å². The first-order chi connectivity index (χ1) is 11.6. The molecule has 0 spiro atoms. The summed E-state index contributed by atoms with van der Waals surface area (Å²) in [4.78, 5) is 20.0. The van der Waals surface area contributed by atoms with Crippen molar-refractivity contribution in [3.05, 3.63) is 64.7 Å². The molecule has 0 radical (unpaired) electrons. The largest absolute Gasteiger partial charge is 0.476 e. The predicted molar refractivity (Wildman–Crippen MR) is 92.4 cm³/mol. The number of nitrogens with zero attached hydrogens (tertiary/aromatic N) is 3. The lowest BCUT2D eigenvalue weighted by molar-refractivity contribution is -0.129. The van der Waals surface area contributed by atoms with Crippen molar-refractivity contribution in [2.45, 2.75) is 0 Å². The summed E-state index contributed by atoms with van der Waals surface area (Å²) >= 11 is 6.10. The van der Waals surface area contributed by atoms with Crippen LogP contribution in [0.4, 0.5) is 5.69 Å². The zero-order valence-corrected chi connectivity index (χ0v) is 13.1. The molecule has 2 aromatic rings. The number of carboxylic acid groups (broad SMARTS) is 1. The molecule has 6 nitrogen and oxygen atoms in total. The third-order valence-electron chi connectivity index (χ3n) is 3.48. The molecule has 2 aromatic carbocycles. The summed E-state index contributed by atoms with van der Waals surface area (Å²) in [6.45, 7) is -0.0256. The molecule has 0 bridgehead atoms. The van der Waals surface area contributed by atoms with E-state index in [2.05, 4.69) is 15.1 Å². The summed E-state index contributed by atoms with van der Waals surface area (Å²) in [6.07, 6.45) is 0. The Bertz CT molecular complexity index is 889. The van der Waals surface area contributed by atoms with Gasteiger partial charge in [0.15, 0.2) is 0 Å². The Kier molecular flexibility index (Phi) is 4.39. The Balaban J connectivity index is 2.19. The number of carbonyl (C=O) groups is 1. The smallest absolute Gasteiger partial charge is 0.359 e. The van der Waals surface area contributed by atoms with Crippen LogP contribution in [0, 0.1) is 0 Å². The second-order valence-electron chi connectivity index (χ2n) is 5.00. The molecule has 0 unspecified atom stereocenters. The Morgan fingerprint density at radius 3 is 2.58 bits per heavy atom. The van der Waals surface area contributed by atoms with Gasteiger partial charge in [0.25, 0.3) is 0 Å². The van der Waals surface area contributed by atoms with Gasteiger partial charge in [-0.1, -0.05) is 47.1 Å². The average Bonchev–Trinajstić information content (AvgIpc) is 2.75. The summed E-state index contributed by atoms with van der Waals surface area (Å²) in [5.74, 6) is -1.37. The fourth-order valence-corrected chi connectivity index (χ4v) is 2.58. The highest BCUT2D eigenvalue weighted by molar-refractivity contribution is 6.66. The third-order valence-corrected chi connectivity index (χ3v) is 3.71. The summed E-state index contributed by atoms with van der Waals surface area (Å²) in [5.41, 5.74) is 2.24. The number of halogens is 1. The molecule has 1 aliphatic heterocycles. The predicted octanol–water partition coefficient (Wildman–Crippen LogP) is 3.18. The number of hydrogen-bond acceptors (Lipinski definition) is 5. The highest BCUT2D eigenvalue weighted by Crippen LogP contribution is 2.28. The number of hydrogen-bond donors (Lipinski definition) is 2. The second-order valence-corrected chi connectivity index (χ2v) is 5.44. The fourth-order valence-electron chi connectivity index (χ4n) is 2.41. The van der Waals surface area contributed by atoms with Gasteiger partial charge in [-0.15, -0.1) is 0 Å². The first-order valence-electron chi connectivity index (χ1n) is 7.03. The third kappa shape index (κ3) is 3.04. The maximum absolute atomic E-state index is 11.2. The minimum atomic E-state index is -1.37. The lowest BCUT2D eigenvalue weighted by Gasteiger charge is -2.08. The number of fused-ring (bicyclic) bond motifs is 1. The molecule has 0 aliphatic carbocycles. The van der Waals surface area contributed by atoms with Gasteiger partial charge in [-0.25, -0.2) is 9.79 Å². The summed E-state index contributed by atoms with van der Waals surface area (Å²) in [7, 11) is 0. The molecule has 3 rings (SSSR count). The van der Waals surface area contributed by atoms with Gasteiger partial charge in [-0.3, -0.25) is 4.99 Å². The molecule has 7 heteroatoms. The van der Waals surface area contributed by atoms with Crippen LogP contribution in [-0.2, 0) is 4.79 Å². The van der Waals surface area contributed by atoms with Crippen molar-refractivity contribution < 1.29 is 15.1 Å². The van der Waals surface area contributed by atoms with E-state index in [-0.39, 0.29) is 12.3 Å². The Hall–Kier alpha value is -2.99. The van der Waals surface area contributed by atoms with Gasteiger partial charge >= 0.3 is 5.97 Å². The van der Waals surface area contributed by atoms with Crippen LogP contribution >= 0.6 is 11.6 Å². The van der Waals surface area contributed by atoms with E-state index in [1.807, 2.05) is 30.3 Å². The van der Waals surface area contributed by atoms with E-state index in [4.69, 9.17) is 21.9 Å². The van der Waals surface area contributed by atoms with Gasteiger partial charge in [0, 0.05) is 16.1 Å². The van der Waals surface area contributed by atoms with Crippen LogP contribution in [0.5, 0.6) is 0 Å². The van der Waals surface area contributed by atoms with Gasteiger partial charge in [0.1, 0.15) is 0 Å². The van der Waals surface area contributed by atoms with Gasteiger partial charge in [0.2, 0.25) is 5.71 Å². The van der Waals surface area contributed by atoms with Crippen LogP contribution in [-0.4, -0.2) is 40.0 Å². The Morgan fingerprint density at radius 1 is 1.17 bits per heavy atom. The molecule has 1 aliphatic rings. The lowest BCUT2D eigenvalue weighted by Crippen LogP contribution is -2.26. The molecule has 0 saturated heterocycles. The van der Waals surface area contributed by atoms with Gasteiger partial charge in [-0.2, -0.15) is 0 Å². The maximum atomic E-state index is 11.2. The number of rotatable bonds is 3. The van der Waals surface area contributed by atoms with Crippen molar-refractivity contribution in [3.8, 4) is 0 Å². The molecule has 0 atom stereocenters. The van der Waals surface area contributed by atoms with Crippen LogP contribution in [0.25, 0.3) is 0 Å². The van der Waals surface area contributed by atoms with Crippen molar-refractivity contribution in [2.24, 2.45) is 15.1 Å². The van der Waals surface area contributed by atoms with E-state index in [1.54, 1.807) is 18.2 Å². The van der Waals surface area contributed by atoms with Crippen LogP contribution < -0.4 is 0 Å². The lowest BCUT2D eigenvalue weighted by atomic mass is 10.0. The second kappa shape index (κ2) is 6.64. The van der Waals surface area contributed by atoms with Crippen molar-refractivity contribution >= 4 is 40.4 Å². The molecular formula is C17H12ClN3O3. The topological polar surface area (TPSA) is 94.6 Å². The summed E-state index contributed by atoms with van der Waals surface area (Å²) in [5, 5.41) is 21.5. The molecule has 2 N–H and O–H groups in total. The summed E-state index contributed by atoms with van der Waals surface area (Å²) < 4.78 is 0. The van der Waals surface area contributed by atoms with Crippen LogP contribution in [0.3, 0.4) is 0 Å². The fraction of sp³-hybridized carbons (Fsp3) is 0.0588. The molecule has 1 heterocycles. The van der Waals surface area contributed by atoms with Gasteiger partial charge in [-0.05, 0) is 18.2 Å². The minimum Gasteiger partial charge on any atom is -0.476 e.